The average molecular weight is 223 g/mol. The van der Waals surface area contributed by atoms with Crippen LogP contribution in [0.5, 0.6) is 0 Å². The van der Waals surface area contributed by atoms with E-state index in [9.17, 15) is 4.79 Å². The molecule has 90 valence electrons. The average Bonchev–Trinajstić information content (AvgIpc) is 2.65. The van der Waals surface area contributed by atoms with Crippen LogP contribution in [-0.4, -0.2) is 17.0 Å². The summed E-state index contributed by atoms with van der Waals surface area (Å²) in [5.74, 6) is 0.676. The zero-order valence-corrected chi connectivity index (χ0v) is 10.1. The SMILES string of the molecule is CC(C)CCNC(=O)Cn1ccc(CN)c1. The molecule has 0 fully saturated rings. The summed E-state index contributed by atoms with van der Waals surface area (Å²) in [4.78, 5) is 11.5. The van der Waals surface area contributed by atoms with E-state index in [4.69, 9.17) is 5.73 Å². The first-order valence-corrected chi connectivity index (χ1v) is 5.73. The lowest BCUT2D eigenvalue weighted by Gasteiger charge is -2.07. The second-order valence-corrected chi connectivity index (χ2v) is 4.43. The van der Waals surface area contributed by atoms with E-state index in [0.717, 1.165) is 18.5 Å². The largest absolute Gasteiger partial charge is 0.355 e. The minimum atomic E-state index is 0.0554. The molecule has 0 aliphatic carbocycles. The molecule has 0 radical (unpaired) electrons. The third kappa shape index (κ3) is 4.49. The number of amides is 1. The van der Waals surface area contributed by atoms with Crippen LogP contribution in [0.15, 0.2) is 18.5 Å². The van der Waals surface area contributed by atoms with Gasteiger partial charge < -0.3 is 15.6 Å². The van der Waals surface area contributed by atoms with Gasteiger partial charge in [0.1, 0.15) is 6.54 Å². The molecule has 0 aromatic carbocycles. The molecular weight excluding hydrogens is 202 g/mol. The molecule has 0 saturated heterocycles. The second kappa shape index (κ2) is 6.33. The lowest BCUT2D eigenvalue weighted by atomic mass is 10.1. The summed E-state index contributed by atoms with van der Waals surface area (Å²) in [6.07, 6.45) is 4.80. The molecule has 3 N–H and O–H groups in total. The minimum absolute atomic E-state index is 0.0554. The van der Waals surface area contributed by atoms with Gasteiger partial charge in [0.2, 0.25) is 5.91 Å². The Balaban J connectivity index is 2.28. The Hall–Kier alpha value is -1.29. The molecule has 1 aromatic rings. The zero-order valence-electron chi connectivity index (χ0n) is 10.1. The van der Waals surface area contributed by atoms with Gasteiger partial charge in [-0.15, -0.1) is 0 Å². The molecule has 0 atom stereocenters. The van der Waals surface area contributed by atoms with Gasteiger partial charge in [0.05, 0.1) is 0 Å². The summed E-state index contributed by atoms with van der Waals surface area (Å²) < 4.78 is 1.85. The van der Waals surface area contributed by atoms with E-state index in [1.54, 1.807) is 0 Å². The molecule has 4 heteroatoms. The fraction of sp³-hybridized carbons (Fsp3) is 0.583. The van der Waals surface area contributed by atoms with E-state index in [1.165, 1.54) is 0 Å². The number of nitrogens with two attached hydrogens (primary N) is 1. The number of hydrogen-bond donors (Lipinski definition) is 2. The maximum absolute atomic E-state index is 11.5. The van der Waals surface area contributed by atoms with E-state index >= 15 is 0 Å². The van der Waals surface area contributed by atoms with Gasteiger partial charge in [-0.05, 0) is 24.0 Å². The van der Waals surface area contributed by atoms with Crippen molar-refractivity contribution in [3.8, 4) is 0 Å². The maximum atomic E-state index is 11.5. The molecule has 0 bridgehead atoms. The monoisotopic (exact) mass is 223 g/mol. The second-order valence-electron chi connectivity index (χ2n) is 4.43. The van der Waals surface area contributed by atoms with Crippen LogP contribution < -0.4 is 11.1 Å². The Morgan fingerprint density at radius 2 is 2.31 bits per heavy atom. The van der Waals surface area contributed by atoms with Gasteiger partial charge in [0, 0.05) is 25.5 Å². The highest BCUT2D eigenvalue weighted by Crippen LogP contribution is 2.00. The normalized spacial score (nSPS) is 10.8. The van der Waals surface area contributed by atoms with Crippen LogP contribution in [0.1, 0.15) is 25.8 Å². The molecule has 0 unspecified atom stereocenters. The van der Waals surface area contributed by atoms with Crippen LogP contribution in [0, 0.1) is 5.92 Å². The van der Waals surface area contributed by atoms with Crippen LogP contribution >= 0.6 is 0 Å². The molecule has 4 nitrogen and oxygen atoms in total. The fourth-order valence-corrected chi connectivity index (χ4v) is 1.43. The Labute approximate surface area is 96.8 Å². The van der Waals surface area contributed by atoms with E-state index in [1.807, 2.05) is 23.0 Å². The predicted molar refractivity (Wildman–Crippen MR) is 64.8 cm³/mol. The van der Waals surface area contributed by atoms with Crippen LogP contribution in [0.4, 0.5) is 0 Å². The van der Waals surface area contributed by atoms with Gasteiger partial charge in [-0.2, -0.15) is 0 Å². The highest BCUT2D eigenvalue weighted by molar-refractivity contribution is 5.75. The Kier molecular flexibility index (Phi) is 5.05. The molecule has 1 aromatic heterocycles. The Morgan fingerprint density at radius 1 is 1.56 bits per heavy atom. The van der Waals surface area contributed by atoms with E-state index < -0.39 is 0 Å². The van der Waals surface area contributed by atoms with Crippen molar-refractivity contribution in [3.05, 3.63) is 24.0 Å². The topological polar surface area (TPSA) is 60.0 Å². The van der Waals surface area contributed by atoms with Gasteiger partial charge in [-0.3, -0.25) is 4.79 Å². The van der Waals surface area contributed by atoms with Crippen LogP contribution in [0.25, 0.3) is 0 Å². The van der Waals surface area contributed by atoms with Gasteiger partial charge in [-0.25, -0.2) is 0 Å². The summed E-state index contributed by atoms with van der Waals surface area (Å²) in [7, 11) is 0. The van der Waals surface area contributed by atoms with Gasteiger partial charge >= 0.3 is 0 Å². The number of aromatic nitrogens is 1. The van der Waals surface area contributed by atoms with E-state index in [0.29, 0.717) is 19.0 Å². The Bertz CT molecular complexity index is 331. The maximum Gasteiger partial charge on any atom is 0.239 e. The number of rotatable bonds is 6. The smallest absolute Gasteiger partial charge is 0.239 e. The molecule has 0 spiro atoms. The number of hydrogen-bond acceptors (Lipinski definition) is 2. The summed E-state index contributed by atoms with van der Waals surface area (Å²) in [5.41, 5.74) is 6.54. The van der Waals surface area contributed by atoms with Crippen molar-refractivity contribution in [2.45, 2.75) is 33.4 Å². The first-order valence-electron chi connectivity index (χ1n) is 5.73. The lowest BCUT2D eigenvalue weighted by molar-refractivity contribution is -0.121. The van der Waals surface area contributed by atoms with Crippen molar-refractivity contribution in [2.75, 3.05) is 6.54 Å². The first kappa shape index (κ1) is 12.8. The summed E-state index contributed by atoms with van der Waals surface area (Å²) >= 11 is 0. The van der Waals surface area contributed by atoms with Crippen molar-refractivity contribution >= 4 is 5.91 Å². The number of nitrogens with zero attached hydrogens (tertiary/aromatic N) is 1. The molecule has 16 heavy (non-hydrogen) atoms. The third-order valence-corrected chi connectivity index (χ3v) is 2.42. The summed E-state index contributed by atoms with van der Waals surface area (Å²) in [6, 6.07) is 1.93. The van der Waals surface area contributed by atoms with Crippen LogP contribution in [0.2, 0.25) is 0 Å². The van der Waals surface area contributed by atoms with Crippen molar-refractivity contribution < 1.29 is 4.79 Å². The Morgan fingerprint density at radius 3 is 2.88 bits per heavy atom. The molecule has 0 saturated carbocycles. The molecule has 0 aliphatic heterocycles. The number of carbonyl (C=O) groups excluding carboxylic acids is 1. The van der Waals surface area contributed by atoms with Crippen molar-refractivity contribution in [3.63, 3.8) is 0 Å². The van der Waals surface area contributed by atoms with Crippen molar-refractivity contribution in [1.82, 2.24) is 9.88 Å². The van der Waals surface area contributed by atoms with Crippen LogP contribution in [-0.2, 0) is 17.9 Å². The molecule has 1 heterocycles. The zero-order chi connectivity index (χ0) is 12.0. The molecule has 1 amide bonds. The van der Waals surface area contributed by atoms with Gasteiger partial charge in [0.15, 0.2) is 0 Å². The predicted octanol–water partition coefficient (Wildman–Crippen LogP) is 1.11. The fourth-order valence-electron chi connectivity index (χ4n) is 1.43. The molecular formula is C12H21N3O. The van der Waals surface area contributed by atoms with Crippen LogP contribution in [0.3, 0.4) is 0 Å². The summed E-state index contributed by atoms with van der Waals surface area (Å²) in [5, 5.41) is 2.90. The summed E-state index contributed by atoms with van der Waals surface area (Å²) in [6.45, 7) is 5.93. The highest BCUT2D eigenvalue weighted by Gasteiger charge is 2.03. The van der Waals surface area contributed by atoms with E-state index in [2.05, 4.69) is 19.2 Å². The molecule has 1 rings (SSSR count). The first-order chi connectivity index (χ1) is 7.61. The van der Waals surface area contributed by atoms with Gasteiger partial charge in [-0.1, -0.05) is 13.8 Å². The lowest BCUT2D eigenvalue weighted by Crippen LogP contribution is -2.28. The van der Waals surface area contributed by atoms with Crippen molar-refractivity contribution in [2.24, 2.45) is 11.7 Å². The van der Waals surface area contributed by atoms with E-state index in [-0.39, 0.29) is 5.91 Å². The van der Waals surface area contributed by atoms with Gasteiger partial charge in [0.25, 0.3) is 0 Å². The molecule has 0 aliphatic rings. The quantitative estimate of drug-likeness (QED) is 0.759. The third-order valence-electron chi connectivity index (χ3n) is 2.42. The number of carbonyl (C=O) groups is 1. The number of nitrogens with one attached hydrogen (secondary N) is 1. The highest BCUT2D eigenvalue weighted by atomic mass is 16.1. The van der Waals surface area contributed by atoms with Crippen molar-refractivity contribution in [1.29, 1.82) is 0 Å². The standard InChI is InChI=1S/C12H21N3O/c1-10(2)3-5-14-12(16)9-15-6-4-11(7-13)8-15/h4,6,8,10H,3,5,7,9,13H2,1-2H3,(H,14,16). The minimum Gasteiger partial charge on any atom is -0.355 e.